The van der Waals surface area contributed by atoms with Crippen molar-refractivity contribution < 1.29 is 10.2 Å². The normalized spacial score (nSPS) is 10.7. The molecule has 0 fully saturated rings. The minimum atomic E-state index is -0.0878. The summed E-state index contributed by atoms with van der Waals surface area (Å²) < 4.78 is 0. The number of aliphatic hydroxyl groups excluding tert-OH is 1. The van der Waals surface area contributed by atoms with Crippen molar-refractivity contribution in [2.75, 3.05) is 0 Å². The van der Waals surface area contributed by atoms with Crippen LogP contribution in [0.3, 0.4) is 0 Å². The Morgan fingerprint density at radius 2 is 1.75 bits per heavy atom. The second-order valence-corrected chi connectivity index (χ2v) is 4.40. The van der Waals surface area contributed by atoms with Gasteiger partial charge in [0.1, 0.15) is 5.75 Å². The van der Waals surface area contributed by atoms with Gasteiger partial charge < -0.3 is 10.2 Å². The molecule has 1 aromatic rings. The minimum Gasteiger partial charge on any atom is -0.507 e. The number of benzene rings is 1. The molecular formula is C14H22O2. The Morgan fingerprint density at radius 3 is 2.38 bits per heavy atom. The van der Waals surface area contributed by atoms with E-state index in [1.165, 1.54) is 19.3 Å². The summed E-state index contributed by atoms with van der Waals surface area (Å²) >= 11 is 0. The Kier molecular flexibility index (Phi) is 5.33. The number of aryl methyl sites for hydroxylation is 2. The fourth-order valence-corrected chi connectivity index (χ4v) is 1.99. The number of hydrogen-bond donors (Lipinski definition) is 2. The van der Waals surface area contributed by atoms with Gasteiger partial charge in [0.2, 0.25) is 0 Å². The van der Waals surface area contributed by atoms with Gasteiger partial charge in [0.25, 0.3) is 0 Å². The standard InChI is InChI=1S/C14H22O2/c1-3-4-5-6-7-12-8-11(2)9-13(10-15)14(12)16/h8-9,15-16H,3-7,10H2,1-2H3. The van der Waals surface area contributed by atoms with Crippen molar-refractivity contribution in [3.63, 3.8) is 0 Å². The van der Waals surface area contributed by atoms with Crippen LogP contribution in [0.5, 0.6) is 5.75 Å². The Balaban J connectivity index is 2.67. The van der Waals surface area contributed by atoms with E-state index in [9.17, 15) is 5.11 Å². The summed E-state index contributed by atoms with van der Waals surface area (Å²) in [4.78, 5) is 0. The first-order valence-corrected chi connectivity index (χ1v) is 6.11. The van der Waals surface area contributed by atoms with Crippen LogP contribution in [0.4, 0.5) is 0 Å². The highest BCUT2D eigenvalue weighted by molar-refractivity contribution is 5.43. The summed E-state index contributed by atoms with van der Waals surface area (Å²) in [6.45, 7) is 4.09. The predicted octanol–water partition coefficient (Wildman–Crippen LogP) is 3.32. The lowest BCUT2D eigenvalue weighted by Crippen LogP contribution is -1.94. The summed E-state index contributed by atoms with van der Waals surface area (Å²) in [6, 6.07) is 3.85. The molecule has 16 heavy (non-hydrogen) atoms. The lowest BCUT2D eigenvalue weighted by Gasteiger charge is -2.10. The first kappa shape index (κ1) is 13.0. The SMILES string of the molecule is CCCCCCc1cc(C)cc(CO)c1O. The molecule has 0 aliphatic rings. The maximum absolute atomic E-state index is 9.91. The summed E-state index contributed by atoms with van der Waals surface area (Å²) in [5, 5.41) is 19.0. The highest BCUT2D eigenvalue weighted by atomic mass is 16.3. The van der Waals surface area contributed by atoms with Gasteiger partial charge in [-0.3, -0.25) is 0 Å². The predicted molar refractivity (Wildman–Crippen MR) is 66.6 cm³/mol. The molecule has 2 heteroatoms. The third-order valence-corrected chi connectivity index (χ3v) is 2.88. The molecule has 0 bridgehead atoms. The number of unbranched alkanes of at least 4 members (excludes halogenated alkanes) is 3. The van der Waals surface area contributed by atoms with Gasteiger partial charge in [-0.25, -0.2) is 0 Å². The van der Waals surface area contributed by atoms with Gasteiger partial charge in [-0.2, -0.15) is 0 Å². The molecule has 0 aliphatic carbocycles. The van der Waals surface area contributed by atoms with Crippen molar-refractivity contribution in [1.29, 1.82) is 0 Å². The van der Waals surface area contributed by atoms with E-state index in [-0.39, 0.29) is 12.4 Å². The number of aliphatic hydroxyl groups is 1. The topological polar surface area (TPSA) is 40.5 Å². The van der Waals surface area contributed by atoms with Crippen LogP contribution < -0.4 is 0 Å². The molecule has 0 unspecified atom stereocenters. The van der Waals surface area contributed by atoms with E-state index in [0.29, 0.717) is 5.56 Å². The molecule has 0 spiro atoms. The van der Waals surface area contributed by atoms with Gasteiger partial charge in [-0.15, -0.1) is 0 Å². The zero-order valence-electron chi connectivity index (χ0n) is 10.3. The van der Waals surface area contributed by atoms with E-state index in [4.69, 9.17) is 5.11 Å². The fourth-order valence-electron chi connectivity index (χ4n) is 1.99. The van der Waals surface area contributed by atoms with Crippen LogP contribution in [0.2, 0.25) is 0 Å². The number of rotatable bonds is 6. The summed E-state index contributed by atoms with van der Waals surface area (Å²) in [7, 11) is 0. The van der Waals surface area contributed by atoms with E-state index >= 15 is 0 Å². The first-order valence-electron chi connectivity index (χ1n) is 6.11. The van der Waals surface area contributed by atoms with Gasteiger partial charge in [0.05, 0.1) is 6.61 Å². The van der Waals surface area contributed by atoms with Crippen LogP contribution in [-0.2, 0) is 13.0 Å². The molecule has 0 amide bonds. The number of hydrogen-bond acceptors (Lipinski definition) is 2. The zero-order valence-corrected chi connectivity index (χ0v) is 10.3. The van der Waals surface area contributed by atoms with E-state index in [1.807, 2.05) is 19.1 Å². The van der Waals surface area contributed by atoms with Crippen molar-refractivity contribution in [1.82, 2.24) is 0 Å². The minimum absolute atomic E-state index is 0.0878. The second kappa shape index (κ2) is 6.54. The highest BCUT2D eigenvalue weighted by Gasteiger charge is 2.07. The monoisotopic (exact) mass is 222 g/mol. The third kappa shape index (κ3) is 3.53. The lowest BCUT2D eigenvalue weighted by atomic mass is 10.00. The molecule has 0 atom stereocenters. The number of aromatic hydroxyl groups is 1. The molecule has 0 heterocycles. The molecular weight excluding hydrogens is 200 g/mol. The Bertz CT molecular complexity index is 332. The molecule has 2 N–H and O–H groups in total. The summed E-state index contributed by atoms with van der Waals surface area (Å²) in [5.74, 6) is 0.282. The molecule has 0 aromatic heterocycles. The third-order valence-electron chi connectivity index (χ3n) is 2.88. The average Bonchev–Trinajstić information content (AvgIpc) is 2.28. The highest BCUT2D eigenvalue weighted by Crippen LogP contribution is 2.26. The van der Waals surface area contributed by atoms with Gasteiger partial charge in [0.15, 0.2) is 0 Å². The lowest BCUT2D eigenvalue weighted by molar-refractivity contribution is 0.275. The second-order valence-electron chi connectivity index (χ2n) is 4.40. The van der Waals surface area contributed by atoms with Gasteiger partial charge in [-0.05, 0) is 25.3 Å². The van der Waals surface area contributed by atoms with Gasteiger partial charge in [-0.1, -0.05) is 43.9 Å². The fraction of sp³-hybridized carbons (Fsp3) is 0.571. The van der Waals surface area contributed by atoms with E-state index < -0.39 is 0 Å². The summed E-state index contributed by atoms with van der Waals surface area (Å²) in [6.07, 6.45) is 5.69. The van der Waals surface area contributed by atoms with Crippen LogP contribution in [0.1, 0.15) is 49.3 Å². The smallest absolute Gasteiger partial charge is 0.124 e. The maximum atomic E-state index is 9.91. The summed E-state index contributed by atoms with van der Waals surface area (Å²) in [5.41, 5.74) is 2.72. The molecule has 0 radical (unpaired) electrons. The molecule has 90 valence electrons. The molecule has 0 saturated heterocycles. The Labute approximate surface area is 97.9 Å². The Morgan fingerprint density at radius 1 is 1.06 bits per heavy atom. The van der Waals surface area contributed by atoms with E-state index in [1.54, 1.807) is 0 Å². The van der Waals surface area contributed by atoms with E-state index in [0.717, 1.165) is 24.0 Å². The van der Waals surface area contributed by atoms with Gasteiger partial charge in [0, 0.05) is 5.56 Å². The average molecular weight is 222 g/mol. The molecule has 0 aliphatic heterocycles. The quantitative estimate of drug-likeness (QED) is 0.725. The van der Waals surface area contributed by atoms with Crippen LogP contribution in [0.25, 0.3) is 0 Å². The van der Waals surface area contributed by atoms with Crippen molar-refractivity contribution in [3.05, 3.63) is 28.8 Å². The van der Waals surface area contributed by atoms with Crippen molar-refractivity contribution in [2.24, 2.45) is 0 Å². The zero-order chi connectivity index (χ0) is 12.0. The van der Waals surface area contributed by atoms with Crippen LogP contribution in [-0.4, -0.2) is 10.2 Å². The van der Waals surface area contributed by atoms with Crippen LogP contribution in [0.15, 0.2) is 12.1 Å². The van der Waals surface area contributed by atoms with Gasteiger partial charge >= 0.3 is 0 Å². The molecule has 1 rings (SSSR count). The van der Waals surface area contributed by atoms with Crippen molar-refractivity contribution >= 4 is 0 Å². The maximum Gasteiger partial charge on any atom is 0.124 e. The van der Waals surface area contributed by atoms with Crippen LogP contribution in [0, 0.1) is 6.92 Å². The Hall–Kier alpha value is -1.02. The number of phenols is 1. The molecule has 1 aromatic carbocycles. The molecule has 0 saturated carbocycles. The van der Waals surface area contributed by atoms with Crippen molar-refractivity contribution in [3.8, 4) is 5.75 Å². The van der Waals surface area contributed by atoms with Crippen LogP contribution >= 0.6 is 0 Å². The van der Waals surface area contributed by atoms with Crippen molar-refractivity contribution in [2.45, 2.75) is 52.6 Å². The van der Waals surface area contributed by atoms with E-state index in [2.05, 4.69) is 6.92 Å². The first-order chi connectivity index (χ1) is 7.69. The largest absolute Gasteiger partial charge is 0.507 e. The molecule has 2 nitrogen and oxygen atoms in total.